The summed E-state index contributed by atoms with van der Waals surface area (Å²) < 4.78 is 6.17. The van der Waals surface area contributed by atoms with E-state index >= 15 is 0 Å². The summed E-state index contributed by atoms with van der Waals surface area (Å²) in [6.07, 6.45) is 0.702. The fraction of sp³-hybridized carbons (Fsp3) is 0.429. The second-order valence-electron chi connectivity index (χ2n) is 4.80. The van der Waals surface area contributed by atoms with Crippen molar-refractivity contribution in [3.8, 4) is 5.75 Å². The number of carbonyl (C=O) groups excluding carboxylic acids is 1. The highest BCUT2D eigenvalue weighted by molar-refractivity contribution is 9.10. The van der Waals surface area contributed by atoms with Crippen LogP contribution in [0.4, 0.5) is 0 Å². The minimum atomic E-state index is -0.844. The summed E-state index contributed by atoms with van der Waals surface area (Å²) in [5.41, 5.74) is 0.862. The number of halogens is 1. The van der Waals surface area contributed by atoms with Crippen LogP contribution < -0.4 is 4.74 Å². The number of piperidine rings is 1. The number of methoxy groups -OCH3 is 1. The van der Waals surface area contributed by atoms with Gasteiger partial charge < -0.3 is 14.7 Å². The third kappa shape index (κ3) is 3.30. The average molecular weight is 342 g/mol. The van der Waals surface area contributed by atoms with E-state index in [1.165, 1.54) is 0 Å². The fourth-order valence-electron chi connectivity index (χ4n) is 2.35. The molecule has 0 saturated carbocycles. The van der Waals surface area contributed by atoms with Crippen molar-refractivity contribution in [2.45, 2.75) is 19.4 Å². The van der Waals surface area contributed by atoms with Crippen molar-refractivity contribution in [1.82, 2.24) is 4.90 Å². The molecule has 1 atom stereocenters. The second-order valence-corrected chi connectivity index (χ2v) is 5.72. The quantitative estimate of drug-likeness (QED) is 0.912. The van der Waals surface area contributed by atoms with Crippen LogP contribution >= 0.6 is 15.9 Å². The van der Waals surface area contributed by atoms with E-state index in [9.17, 15) is 9.59 Å². The predicted molar refractivity (Wildman–Crippen MR) is 76.5 cm³/mol. The topological polar surface area (TPSA) is 66.8 Å². The molecular formula is C14H16BrNO4. The van der Waals surface area contributed by atoms with E-state index in [0.29, 0.717) is 18.7 Å². The van der Waals surface area contributed by atoms with Gasteiger partial charge in [0.25, 0.3) is 0 Å². The van der Waals surface area contributed by atoms with Crippen molar-refractivity contribution in [2.75, 3.05) is 13.7 Å². The van der Waals surface area contributed by atoms with Crippen LogP contribution in [-0.2, 0) is 16.1 Å². The first-order valence-corrected chi connectivity index (χ1v) is 7.13. The molecule has 5 nitrogen and oxygen atoms in total. The largest absolute Gasteiger partial charge is 0.496 e. The Kier molecular flexibility index (Phi) is 4.65. The summed E-state index contributed by atoms with van der Waals surface area (Å²) >= 11 is 3.39. The van der Waals surface area contributed by atoms with Gasteiger partial charge in [0.1, 0.15) is 5.75 Å². The van der Waals surface area contributed by atoms with Crippen molar-refractivity contribution in [2.24, 2.45) is 5.92 Å². The molecule has 1 amide bonds. The van der Waals surface area contributed by atoms with Gasteiger partial charge in [-0.15, -0.1) is 0 Å². The van der Waals surface area contributed by atoms with Gasteiger partial charge in [-0.2, -0.15) is 0 Å². The van der Waals surface area contributed by atoms with Gasteiger partial charge >= 0.3 is 5.97 Å². The first-order chi connectivity index (χ1) is 9.51. The van der Waals surface area contributed by atoms with Crippen LogP contribution in [0.1, 0.15) is 18.4 Å². The molecule has 108 valence electrons. The molecule has 1 unspecified atom stereocenters. The maximum Gasteiger partial charge on any atom is 0.308 e. The van der Waals surface area contributed by atoms with E-state index in [-0.39, 0.29) is 18.9 Å². The molecule has 0 radical (unpaired) electrons. The Balaban J connectivity index is 2.17. The van der Waals surface area contributed by atoms with E-state index < -0.39 is 11.9 Å². The molecule has 1 aromatic rings. The van der Waals surface area contributed by atoms with Gasteiger partial charge in [0.2, 0.25) is 5.91 Å². The van der Waals surface area contributed by atoms with Crippen LogP contribution in [0.25, 0.3) is 0 Å². The van der Waals surface area contributed by atoms with Gasteiger partial charge in [-0.3, -0.25) is 9.59 Å². The summed E-state index contributed by atoms with van der Waals surface area (Å²) in [4.78, 5) is 24.6. The molecule has 0 aliphatic carbocycles. The number of nitrogens with zero attached hydrogens (tertiary/aromatic N) is 1. The molecule has 1 fully saturated rings. The summed E-state index contributed by atoms with van der Waals surface area (Å²) in [6.45, 7) is 0.620. The van der Waals surface area contributed by atoms with Crippen LogP contribution in [0.3, 0.4) is 0 Å². The van der Waals surface area contributed by atoms with E-state index in [0.717, 1.165) is 10.0 Å². The summed E-state index contributed by atoms with van der Waals surface area (Å²) in [5, 5.41) is 9.08. The highest BCUT2D eigenvalue weighted by atomic mass is 79.9. The Morgan fingerprint density at radius 3 is 2.95 bits per heavy atom. The Hall–Kier alpha value is -1.56. The Morgan fingerprint density at radius 1 is 1.55 bits per heavy atom. The van der Waals surface area contributed by atoms with Gasteiger partial charge in [0.05, 0.1) is 13.0 Å². The smallest absolute Gasteiger partial charge is 0.308 e. The van der Waals surface area contributed by atoms with Crippen LogP contribution in [-0.4, -0.2) is 35.5 Å². The Morgan fingerprint density at radius 2 is 2.30 bits per heavy atom. The molecule has 0 bridgehead atoms. The van der Waals surface area contributed by atoms with Crippen molar-refractivity contribution in [1.29, 1.82) is 0 Å². The number of ether oxygens (including phenoxy) is 1. The number of aliphatic carboxylic acids is 1. The molecule has 6 heteroatoms. The molecule has 0 spiro atoms. The molecule has 2 rings (SSSR count). The number of benzene rings is 1. The lowest BCUT2D eigenvalue weighted by atomic mass is 9.97. The summed E-state index contributed by atoms with van der Waals surface area (Å²) in [5.74, 6) is -0.641. The number of hydrogen-bond donors (Lipinski definition) is 1. The third-order valence-corrected chi connectivity index (χ3v) is 3.95. The zero-order valence-corrected chi connectivity index (χ0v) is 12.7. The van der Waals surface area contributed by atoms with Crippen molar-refractivity contribution in [3.63, 3.8) is 0 Å². The van der Waals surface area contributed by atoms with Gasteiger partial charge in [-0.25, -0.2) is 0 Å². The molecular weight excluding hydrogens is 326 g/mol. The number of hydrogen-bond acceptors (Lipinski definition) is 3. The molecule has 1 aromatic carbocycles. The van der Waals surface area contributed by atoms with E-state index in [2.05, 4.69) is 15.9 Å². The predicted octanol–water partition coefficient (Wildman–Crippen LogP) is 2.28. The van der Waals surface area contributed by atoms with Crippen molar-refractivity contribution < 1.29 is 19.4 Å². The van der Waals surface area contributed by atoms with Gasteiger partial charge in [0, 0.05) is 29.5 Å². The number of carboxylic acid groups (broad SMARTS) is 1. The van der Waals surface area contributed by atoms with E-state index in [1.54, 1.807) is 12.0 Å². The lowest BCUT2D eigenvalue weighted by Crippen LogP contribution is -2.42. The first kappa shape index (κ1) is 14.8. The average Bonchev–Trinajstić information content (AvgIpc) is 2.41. The molecule has 1 N–H and O–H groups in total. The molecule has 0 aromatic heterocycles. The first-order valence-electron chi connectivity index (χ1n) is 6.34. The summed E-state index contributed by atoms with van der Waals surface area (Å²) in [6, 6.07) is 5.57. The van der Waals surface area contributed by atoms with Crippen molar-refractivity contribution >= 4 is 27.8 Å². The lowest BCUT2D eigenvalue weighted by molar-refractivity contribution is -0.147. The zero-order chi connectivity index (χ0) is 14.7. The number of likely N-dealkylation sites (tertiary alicyclic amines) is 1. The SMILES string of the molecule is COc1ccc(Br)cc1CN1CC(C(=O)O)CCC1=O. The van der Waals surface area contributed by atoms with E-state index in [1.807, 2.05) is 18.2 Å². The minimum absolute atomic E-state index is 0.00970. The monoisotopic (exact) mass is 341 g/mol. The molecule has 1 heterocycles. The number of amides is 1. The molecule has 1 aliphatic rings. The number of rotatable bonds is 4. The van der Waals surface area contributed by atoms with Gasteiger partial charge in [0.15, 0.2) is 0 Å². The number of carbonyl (C=O) groups is 2. The maximum atomic E-state index is 11.9. The second kappa shape index (κ2) is 6.26. The van der Waals surface area contributed by atoms with Crippen LogP contribution in [0, 0.1) is 5.92 Å². The standard InChI is InChI=1S/C14H16BrNO4/c1-20-12-4-3-11(15)6-10(12)8-16-7-9(14(18)19)2-5-13(16)17/h3-4,6,9H,2,5,7-8H2,1H3,(H,18,19). The normalized spacial score (nSPS) is 19.0. The molecule has 20 heavy (non-hydrogen) atoms. The number of carboxylic acids is 1. The Bertz CT molecular complexity index is 532. The maximum absolute atomic E-state index is 11.9. The highest BCUT2D eigenvalue weighted by Crippen LogP contribution is 2.27. The highest BCUT2D eigenvalue weighted by Gasteiger charge is 2.30. The van der Waals surface area contributed by atoms with Crippen molar-refractivity contribution in [3.05, 3.63) is 28.2 Å². The summed E-state index contributed by atoms with van der Waals surface area (Å²) in [7, 11) is 1.57. The van der Waals surface area contributed by atoms with Crippen LogP contribution in [0.5, 0.6) is 5.75 Å². The third-order valence-electron chi connectivity index (χ3n) is 3.45. The Labute approximate surface area is 125 Å². The minimum Gasteiger partial charge on any atom is -0.496 e. The van der Waals surface area contributed by atoms with Crippen LogP contribution in [0.15, 0.2) is 22.7 Å². The zero-order valence-electron chi connectivity index (χ0n) is 11.1. The molecule has 1 aliphatic heterocycles. The van der Waals surface area contributed by atoms with Gasteiger partial charge in [-0.1, -0.05) is 15.9 Å². The van der Waals surface area contributed by atoms with Crippen LogP contribution in [0.2, 0.25) is 0 Å². The lowest BCUT2D eigenvalue weighted by Gasteiger charge is -2.31. The molecule has 1 saturated heterocycles. The van der Waals surface area contributed by atoms with E-state index in [4.69, 9.17) is 9.84 Å². The fourth-order valence-corrected chi connectivity index (χ4v) is 2.75. The van der Waals surface area contributed by atoms with Gasteiger partial charge in [-0.05, 0) is 24.6 Å².